The first kappa shape index (κ1) is 14.0. The number of hydrogen-bond donors (Lipinski definition) is 0. The van der Waals surface area contributed by atoms with Crippen LogP contribution in [-0.4, -0.2) is 5.78 Å². The number of halogens is 1. The van der Waals surface area contributed by atoms with Gasteiger partial charge in [0.2, 0.25) is 0 Å². The standard InChI is InChI=1S/C17H17BrO/c1-11-6-4-7-12(2)15(11)10-16(19)14-9-5-8-13(3)17(14)18/h4-9H,10H2,1-3H3. The lowest BCUT2D eigenvalue weighted by molar-refractivity contribution is 0.0991. The summed E-state index contributed by atoms with van der Waals surface area (Å²) >= 11 is 3.51. The fourth-order valence-corrected chi connectivity index (χ4v) is 2.73. The highest BCUT2D eigenvalue weighted by atomic mass is 79.9. The first-order valence-electron chi connectivity index (χ1n) is 6.34. The van der Waals surface area contributed by atoms with Crippen molar-refractivity contribution < 1.29 is 4.79 Å². The molecule has 98 valence electrons. The largest absolute Gasteiger partial charge is 0.294 e. The molecule has 0 N–H and O–H groups in total. The highest BCUT2D eigenvalue weighted by Crippen LogP contribution is 2.24. The minimum atomic E-state index is 0.160. The Morgan fingerprint density at radius 1 is 0.947 bits per heavy atom. The Labute approximate surface area is 122 Å². The maximum atomic E-state index is 12.5. The van der Waals surface area contributed by atoms with Crippen molar-refractivity contribution in [2.45, 2.75) is 27.2 Å². The predicted molar refractivity (Wildman–Crippen MR) is 82.8 cm³/mol. The van der Waals surface area contributed by atoms with Gasteiger partial charge in [0.25, 0.3) is 0 Å². The van der Waals surface area contributed by atoms with Gasteiger partial charge in [0.1, 0.15) is 0 Å². The van der Waals surface area contributed by atoms with E-state index in [1.54, 1.807) is 0 Å². The minimum Gasteiger partial charge on any atom is -0.294 e. The zero-order valence-corrected chi connectivity index (χ0v) is 13.0. The fourth-order valence-electron chi connectivity index (χ4n) is 2.25. The van der Waals surface area contributed by atoms with E-state index in [1.807, 2.05) is 31.2 Å². The number of aryl methyl sites for hydroxylation is 3. The summed E-state index contributed by atoms with van der Waals surface area (Å²) in [5.41, 5.74) is 5.35. The number of Topliss-reactive ketones (excluding diaryl/α,β-unsaturated/α-hetero) is 1. The Bertz CT molecular complexity index is 609. The van der Waals surface area contributed by atoms with E-state index in [-0.39, 0.29) is 5.78 Å². The number of carbonyl (C=O) groups is 1. The molecule has 0 saturated carbocycles. The lowest BCUT2D eigenvalue weighted by Gasteiger charge is -2.10. The number of rotatable bonds is 3. The van der Waals surface area contributed by atoms with Gasteiger partial charge in [0.15, 0.2) is 5.78 Å². The van der Waals surface area contributed by atoms with Crippen LogP contribution in [0.3, 0.4) is 0 Å². The van der Waals surface area contributed by atoms with Crippen molar-refractivity contribution in [2.75, 3.05) is 0 Å². The van der Waals surface area contributed by atoms with E-state index in [4.69, 9.17) is 0 Å². The Balaban J connectivity index is 2.34. The number of hydrogen-bond acceptors (Lipinski definition) is 1. The molecule has 0 spiro atoms. The summed E-state index contributed by atoms with van der Waals surface area (Å²) in [5, 5.41) is 0. The van der Waals surface area contributed by atoms with E-state index in [9.17, 15) is 4.79 Å². The van der Waals surface area contributed by atoms with Crippen molar-refractivity contribution in [3.63, 3.8) is 0 Å². The minimum absolute atomic E-state index is 0.160. The highest BCUT2D eigenvalue weighted by Gasteiger charge is 2.14. The Morgan fingerprint density at radius 2 is 1.47 bits per heavy atom. The zero-order valence-electron chi connectivity index (χ0n) is 11.5. The van der Waals surface area contributed by atoms with Crippen LogP contribution in [0.15, 0.2) is 40.9 Å². The molecule has 2 aromatic rings. The second-order valence-corrected chi connectivity index (χ2v) is 5.70. The lowest BCUT2D eigenvalue weighted by atomic mass is 9.95. The van der Waals surface area contributed by atoms with Crippen LogP contribution in [0.1, 0.15) is 32.6 Å². The first-order chi connectivity index (χ1) is 9.00. The van der Waals surface area contributed by atoms with Crippen LogP contribution in [0.4, 0.5) is 0 Å². The molecule has 2 aromatic carbocycles. The van der Waals surface area contributed by atoms with Crippen molar-refractivity contribution in [2.24, 2.45) is 0 Å². The summed E-state index contributed by atoms with van der Waals surface area (Å²) in [7, 11) is 0. The number of benzene rings is 2. The molecular formula is C17H17BrO. The molecule has 1 nitrogen and oxygen atoms in total. The average molecular weight is 317 g/mol. The molecule has 0 aliphatic heterocycles. The molecule has 0 unspecified atom stereocenters. The molecule has 19 heavy (non-hydrogen) atoms. The number of carbonyl (C=O) groups excluding carboxylic acids is 1. The fraction of sp³-hybridized carbons (Fsp3) is 0.235. The maximum Gasteiger partial charge on any atom is 0.168 e. The van der Waals surface area contributed by atoms with Gasteiger partial charge in [-0.2, -0.15) is 0 Å². The SMILES string of the molecule is Cc1cccc(C(=O)Cc2c(C)cccc2C)c1Br. The van der Waals surface area contributed by atoms with Gasteiger partial charge in [0.05, 0.1) is 0 Å². The molecule has 0 radical (unpaired) electrons. The summed E-state index contributed by atoms with van der Waals surface area (Å²) < 4.78 is 0.909. The first-order valence-corrected chi connectivity index (χ1v) is 7.13. The molecule has 0 amide bonds. The van der Waals surface area contributed by atoms with Crippen LogP contribution in [0, 0.1) is 20.8 Å². The van der Waals surface area contributed by atoms with Crippen LogP contribution in [-0.2, 0) is 6.42 Å². The lowest BCUT2D eigenvalue weighted by Crippen LogP contribution is -2.07. The van der Waals surface area contributed by atoms with Gasteiger partial charge < -0.3 is 0 Å². The van der Waals surface area contributed by atoms with Crippen molar-refractivity contribution >= 4 is 21.7 Å². The predicted octanol–water partition coefficient (Wildman–Crippen LogP) is 4.80. The third-order valence-electron chi connectivity index (χ3n) is 3.47. The van der Waals surface area contributed by atoms with Gasteiger partial charge in [-0.25, -0.2) is 0 Å². The van der Waals surface area contributed by atoms with E-state index in [0.717, 1.165) is 21.2 Å². The second kappa shape index (κ2) is 5.70. The van der Waals surface area contributed by atoms with Gasteiger partial charge >= 0.3 is 0 Å². The van der Waals surface area contributed by atoms with Gasteiger partial charge in [-0.1, -0.05) is 36.4 Å². The van der Waals surface area contributed by atoms with Crippen molar-refractivity contribution in [3.05, 3.63) is 68.7 Å². The third kappa shape index (κ3) is 2.95. The molecule has 0 atom stereocenters. The van der Waals surface area contributed by atoms with E-state index < -0.39 is 0 Å². The van der Waals surface area contributed by atoms with Gasteiger partial charge in [0, 0.05) is 16.5 Å². The summed E-state index contributed by atoms with van der Waals surface area (Å²) in [6, 6.07) is 12.0. The monoisotopic (exact) mass is 316 g/mol. The Morgan fingerprint density at radius 3 is 2.11 bits per heavy atom. The molecule has 2 rings (SSSR count). The van der Waals surface area contributed by atoms with Crippen LogP contribution in [0.25, 0.3) is 0 Å². The normalized spacial score (nSPS) is 10.5. The second-order valence-electron chi connectivity index (χ2n) is 4.91. The van der Waals surface area contributed by atoms with E-state index in [0.29, 0.717) is 6.42 Å². The van der Waals surface area contributed by atoms with E-state index in [2.05, 4.69) is 41.9 Å². The van der Waals surface area contributed by atoms with E-state index >= 15 is 0 Å². The molecule has 0 bridgehead atoms. The Kier molecular flexibility index (Phi) is 4.20. The summed E-state index contributed by atoms with van der Waals surface area (Å²) in [6.45, 7) is 6.11. The molecule has 0 aromatic heterocycles. The molecule has 0 fully saturated rings. The number of ketones is 1. The van der Waals surface area contributed by atoms with Gasteiger partial charge in [-0.3, -0.25) is 4.79 Å². The highest BCUT2D eigenvalue weighted by molar-refractivity contribution is 9.10. The van der Waals surface area contributed by atoms with E-state index in [1.165, 1.54) is 11.1 Å². The quantitative estimate of drug-likeness (QED) is 0.743. The topological polar surface area (TPSA) is 17.1 Å². The molecule has 2 heteroatoms. The smallest absolute Gasteiger partial charge is 0.168 e. The van der Waals surface area contributed by atoms with Crippen LogP contribution >= 0.6 is 15.9 Å². The average Bonchev–Trinajstić information content (AvgIpc) is 2.37. The molecule has 0 aliphatic rings. The molecule has 0 aliphatic carbocycles. The van der Waals surface area contributed by atoms with Crippen LogP contribution < -0.4 is 0 Å². The van der Waals surface area contributed by atoms with Crippen molar-refractivity contribution in [3.8, 4) is 0 Å². The Hall–Kier alpha value is -1.41. The van der Waals surface area contributed by atoms with Crippen LogP contribution in [0.2, 0.25) is 0 Å². The summed E-state index contributed by atoms with van der Waals surface area (Å²) in [5.74, 6) is 0.160. The summed E-state index contributed by atoms with van der Waals surface area (Å²) in [4.78, 5) is 12.5. The van der Waals surface area contributed by atoms with Gasteiger partial charge in [-0.15, -0.1) is 0 Å². The molecule has 0 heterocycles. The zero-order chi connectivity index (χ0) is 14.0. The van der Waals surface area contributed by atoms with Crippen LogP contribution in [0.5, 0.6) is 0 Å². The maximum absolute atomic E-state index is 12.5. The molecular weight excluding hydrogens is 300 g/mol. The van der Waals surface area contributed by atoms with Crippen molar-refractivity contribution in [1.82, 2.24) is 0 Å². The van der Waals surface area contributed by atoms with Crippen molar-refractivity contribution in [1.29, 1.82) is 0 Å². The third-order valence-corrected chi connectivity index (χ3v) is 4.53. The summed E-state index contributed by atoms with van der Waals surface area (Å²) in [6.07, 6.45) is 0.459. The van der Waals surface area contributed by atoms with Gasteiger partial charge in [-0.05, 0) is 59.0 Å². The molecule has 0 saturated heterocycles.